The predicted octanol–water partition coefficient (Wildman–Crippen LogP) is 5.50. The number of fused-ring (bicyclic) bond motifs is 2. The van der Waals surface area contributed by atoms with Crippen molar-refractivity contribution in [3.63, 3.8) is 0 Å². The lowest BCUT2D eigenvalue weighted by Gasteiger charge is -2.15. The Labute approximate surface area is 183 Å². The second-order valence-electron chi connectivity index (χ2n) is 7.55. The first-order valence-electron chi connectivity index (χ1n) is 9.97. The van der Waals surface area contributed by atoms with Gasteiger partial charge in [-0.05, 0) is 55.5 Å². The molecule has 31 heavy (non-hydrogen) atoms. The minimum atomic E-state index is -0.0381. The zero-order valence-corrected chi connectivity index (χ0v) is 18.0. The fourth-order valence-corrected chi connectivity index (χ4v) is 4.73. The number of pyridine rings is 2. The number of anilines is 2. The average Bonchev–Trinajstić information content (AvgIpc) is 3.37. The molecule has 0 spiro atoms. The minimum absolute atomic E-state index is 0.0381. The number of benzene rings is 1. The van der Waals surface area contributed by atoms with Gasteiger partial charge < -0.3 is 15.2 Å². The number of carbonyl (C=O) groups is 1. The van der Waals surface area contributed by atoms with Gasteiger partial charge in [-0.3, -0.25) is 14.8 Å². The summed E-state index contributed by atoms with van der Waals surface area (Å²) in [5.41, 5.74) is 5.84. The monoisotopic (exact) mass is 427 g/mol. The van der Waals surface area contributed by atoms with Crippen molar-refractivity contribution in [2.75, 3.05) is 12.4 Å². The molecule has 0 bridgehead atoms. The van der Waals surface area contributed by atoms with E-state index in [1.807, 2.05) is 36.4 Å². The number of nitrogens with zero attached hydrogens (tertiary/aromatic N) is 3. The van der Waals surface area contributed by atoms with Gasteiger partial charge in [0.1, 0.15) is 0 Å². The highest BCUT2D eigenvalue weighted by Gasteiger charge is 2.17. The molecule has 0 fully saturated rings. The van der Waals surface area contributed by atoms with E-state index in [0.717, 1.165) is 43.9 Å². The molecule has 0 atom stereocenters. The van der Waals surface area contributed by atoms with Gasteiger partial charge in [0.2, 0.25) is 0 Å². The third-order valence-electron chi connectivity index (χ3n) is 5.13. The van der Waals surface area contributed by atoms with Crippen LogP contribution in [0.3, 0.4) is 0 Å². The summed E-state index contributed by atoms with van der Waals surface area (Å²) in [6, 6.07) is 17.9. The van der Waals surface area contributed by atoms with Gasteiger partial charge in [-0.2, -0.15) is 0 Å². The quantitative estimate of drug-likeness (QED) is 0.389. The average molecular weight is 428 g/mol. The Morgan fingerprint density at radius 3 is 2.84 bits per heavy atom. The van der Waals surface area contributed by atoms with Crippen LogP contribution in [-0.2, 0) is 6.54 Å². The van der Waals surface area contributed by atoms with Crippen molar-refractivity contribution >= 4 is 49.7 Å². The topological polar surface area (TPSA) is 73.9 Å². The van der Waals surface area contributed by atoms with Crippen LogP contribution < -0.4 is 5.32 Å². The third-order valence-corrected chi connectivity index (χ3v) is 6.27. The Kier molecular flexibility index (Phi) is 4.88. The van der Waals surface area contributed by atoms with Crippen molar-refractivity contribution in [2.45, 2.75) is 13.5 Å². The molecule has 0 aliphatic carbocycles. The molecule has 7 heteroatoms. The van der Waals surface area contributed by atoms with Crippen LogP contribution in [0.5, 0.6) is 0 Å². The van der Waals surface area contributed by atoms with Gasteiger partial charge in [-0.15, -0.1) is 11.3 Å². The van der Waals surface area contributed by atoms with Crippen LogP contribution in [0.1, 0.15) is 21.1 Å². The number of nitrogens with one attached hydrogen (secondary N) is 2. The van der Waals surface area contributed by atoms with E-state index in [0.29, 0.717) is 11.4 Å². The molecule has 154 valence electrons. The fourth-order valence-electron chi connectivity index (χ4n) is 3.65. The molecule has 6 nitrogen and oxygen atoms in total. The summed E-state index contributed by atoms with van der Waals surface area (Å²) in [4.78, 5) is 27.4. The van der Waals surface area contributed by atoms with Gasteiger partial charge in [0.15, 0.2) is 0 Å². The predicted molar refractivity (Wildman–Crippen MR) is 126 cm³/mol. The second-order valence-corrected chi connectivity index (χ2v) is 8.60. The lowest BCUT2D eigenvalue weighted by atomic mass is 10.2. The van der Waals surface area contributed by atoms with E-state index in [1.54, 1.807) is 24.3 Å². The summed E-state index contributed by atoms with van der Waals surface area (Å²) in [6.45, 7) is 2.51. The summed E-state index contributed by atoms with van der Waals surface area (Å²) >= 11 is 1.46. The molecule has 0 saturated heterocycles. The van der Waals surface area contributed by atoms with E-state index in [-0.39, 0.29) is 5.91 Å². The second kappa shape index (κ2) is 7.85. The number of hydrogen-bond acceptors (Lipinski definition) is 5. The summed E-state index contributed by atoms with van der Waals surface area (Å²) in [7, 11) is 1.79. The van der Waals surface area contributed by atoms with Crippen molar-refractivity contribution in [3.05, 3.63) is 83.3 Å². The molecular weight excluding hydrogens is 406 g/mol. The molecule has 1 amide bonds. The summed E-state index contributed by atoms with van der Waals surface area (Å²) in [5.74, 6) is -0.0381. The van der Waals surface area contributed by atoms with Crippen LogP contribution in [0.2, 0.25) is 0 Å². The summed E-state index contributed by atoms with van der Waals surface area (Å²) < 4.78 is 0.961. The highest BCUT2D eigenvalue weighted by atomic mass is 32.1. The Morgan fingerprint density at radius 1 is 1.10 bits per heavy atom. The molecule has 0 saturated carbocycles. The maximum atomic E-state index is 13.0. The van der Waals surface area contributed by atoms with E-state index in [4.69, 9.17) is 0 Å². The molecule has 2 N–H and O–H groups in total. The number of amides is 1. The molecular formula is C24H21N5OS. The van der Waals surface area contributed by atoms with Gasteiger partial charge in [0.25, 0.3) is 5.91 Å². The van der Waals surface area contributed by atoms with Gasteiger partial charge in [0, 0.05) is 41.7 Å². The van der Waals surface area contributed by atoms with Crippen LogP contribution in [-0.4, -0.2) is 32.8 Å². The highest BCUT2D eigenvalue weighted by Crippen LogP contribution is 2.33. The number of aryl methyl sites for hydroxylation is 1. The number of carbonyl (C=O) groups excluding carboxylic acids is 1. The van der Waals surface area contributed by atoms with Crippen LogP contribution in [0, 0.1) is 6.92 Å². The first-order valence-corrected chi connectivity index (χ1v) is 10.8. The lowest BCUT2D eigenvalue weighted by molar-refractivity contribution is 0.0788. The maximum absolute atomic E-state index is 13.0. The van der Waals surface area contributed by atoms with Crippen molar-refractivity contribution < 1.29 is 4.79 Å². The number of thiophene rings is 1. The summed E-state index contributed by atoms with van der Waals surface area (Å²) in [5, 5.41) is 4.65. The van der Waals surface area contributed by atoms with Crippen LogP contribution >= 0.6 is 11.3 Å². The number of aromatic nitrogens is 3. The normalized spacial score (nSPS) is 11.2. The van der Waals surface area contributed by atoms with Crippen molar-refractivity contribution in [3.8, 4) is 0 Å². The van der Waals surface area contributed by atoms with E-state index in [1.165, 1.54) is 11.3 Å². The first-order chi connectivity index (χ1) is 15.1. The molecule has 1 aromatic carbocycles. The largest absolute Gasteiger partial charge is 0.359 e. The fraction of sp³-hybridized carbons (Fsp3) is 0.125. The van der Waals surface area contributed by atoms with Gasteiger partial charge in [-0.1, -0.05) is 6.07 Å². The molecule has 5 rings (SSSR count). The molecule has 4 aromatic heterocycles. The lowest BCUT2D eigenvalue weighted by Crippen LogP contribution is -2.25. The molecule has 0 unspecified atom stereocenters. The van der Waals surface area contributed by atoms with Crippen LogP contribution in [0.4, 0.5) is 11.4 Å². The van der Waals surface area contributed by atoms with Crippen molar-refractivity contribution in [2.24, 2.45) is 0 Å². The molecule has 4 heterocycles. The van der Waals surface area contributed by atoms with Gasteiger partial charge >= 0.3 is 0 Å². The van der Waals surface area contributed by atoms with E-state index < -0.39 is 0 Å². The molecule has 0 aliphatic heterocycles. The SMILES string of the molecule is Cc1cc2cc(Nc3ccnc4cc(C(=O)N(C)Cc5ccccn5)sc34)ccc2[nH]1. The Balaban J connectivity index is 1.42. The number of hydrogen-bond donors (Lipinski definition) is 2. The first kappa shape index (κ1) is 19.3. The van der Waals surface area contributed by atoms with Crippen LogP contribution in [0.15, 0.2) is 67.0 Å². The van der Waals surface area contributed by atoms with E-state index >= 15 is 0 Å². The number of H-pyrrole nitrogens is 1. The zero-order valence-electron chi connectivity index (χ0n) is 17.2. The molecule has 0 aliphatic rings. The molecule has 0 radical (unpaired) electrons. The Morgan fingerprint density at radius 2 is 2.00 bits per heavy atom. The zero-order chi connectivity index (χ0) is 21.4. The van der Waals surface area contributed by atoms with Gasteiger partial charge in [-0.25, -0.2) is 0 Å². The smallest absolute Gasteiger partial charge is 0.264 e. The number of aromatic amines is 1. The van der Waals surface area contributed by atoms with Crippen molar-refractivity contribution in [1.82, 2.24) is 19.9 Å². The Bertz CT molecular complexity index is 1390. The van der Waals surface area contributed by atoms with E-state index in [2.05, 4.69) is 45.4 Å². The third kappa shape index (κ3) is 3.87. The minimum Gasteiger partial charge on any atom is -0.359 e. The highest BCUT2D eigenvalue weighted by molar-refractivity contribution is 7.21. The number of rotatable bonds is 5. The van der Waals surface area contributed by atoms with Crippen molar-refractivity contribution in [1.29, 1.82) is 0 Å². The van der Waals surface area contributed by atoms with Gasteiger partial charge in [0.05, 0.1) is 33.0 Å². The van der Waals surface area contributed by atoms with Crippen LogP contribution in [0.25, 0.3) is 21.1 Å². The van der Waals surface area contributed by atoms with E-state index in [9.17, 15) is 4.79 Å². The Hall–Kier alpha value is -3.71. The molecule has 5 aromatic rings. The maximum Gasteiger partial charge on any atom is 0.264 e. The summed E-state index contributed by atoms with van der Waals surface area (Å²) in [6.07, 6.45) is 3.50. The standard InChI is InChI=1S/C24H21N5OS/c1-15-11-16-12-17(6-7-19(16)27-15)28-20-8-10-26-21-13-22(31-23(20)21)24(30)29(2)14-18-5-3-4-9-25-18/h3-13,27H,14H2,1-2H3,(H,26,28).